The second-order valence-corrected chi connectivity index (χ2v) is 4.97. The molecule has 1 aromatic heterocycles. The predicted molar refractivity (Wildman–Crippen MR) is 71.0 cm³/mol. The molecule has 0 bridgehead atoms. The molecule has 94 valence electrons. The predicted octanol–water partition coefficient (Wildman–Crippen LogP) is 2.13. The second kappa shape index (κ2) is 5.64. The van der Waals surface area contributed by atoms with Gasteiger partial charge in [-0.25, -0.2) is 4.98 Å². The fourth-order valence-electron chi connectivity index (χ4n) is 1.54. The lowest BCUT2D eigenvalue weighted by Gasteiger charge is -2.04. The number of aromatic nitrogens is 1. The van der Waals surface area contributed by atoms with Gasteiger partial charge in [0.15, 0.2) is 0 Å². The maximum atomic E-state index is 11.7. The van der Waals surface area contributed by atoms with Crippen LogP contribution in [0.25, 0.3) is 0 Å². The van der Waals surface area contributed by atoms with Crippen LogP contribution in [0.1, 0.15) is 21.1 Å². The van der Waals surface area contributed by atoms with Crippen molar-refractivity contribution in [1.29, 1.82) is 0 Å². The number of hydrogen-bond donors (Lipinski definition) is 2. The largest absolute Gasteiger partial charge is 0.508 e. The molecule has 2 aromatic rings. The normalized spacial score (nSPS) is 10.3. The summed E-state index contributed by atoms with van der Waals surface area (Å²) in [5, 5.41) is 15.0. The first kappa shape index (κ1) is 12.6. The van der Waals surface area contributed by atoms with E-state index in [0.717, 1.165) is 17.1 Å². The Balaban J connectivity index is 1.83. The zero-order valence-corrected chi connectivity index (χ0v) is 10.8. The van der Waals surface area contributed by atoms with Gasteiger partial charge in [0.05, 0.1) is 10.7 Å². The van der Waals surface area contributed by atoms with Crippen LogP contribution in [-0.4, -0.2) is 22.5 Å². The van der Waals surface area contributed by atoms with Gasteiger partial charge in [0, 0.05) is 23.9 Å². The zero-order chi connectivity index (χ0) is 13.0. The van der Waals surface area contributed by atoms with Crippen molar-refractivity contribution >= 4 is 17.2 Å². The number of nitrogens with one attached hydrogen (secondary N) is 1. The van der Waals surface area contributed by atoms with E-state index < -0.39 is 0 Å². The fraction of sp³-hybridized carbons (Fsp3) is 0.231. The lowest BCUT2D eigenvalue weighted by Crippen LogP contribution is -2.25. The minimum atomic E-state index is -0.137. The van der Waals surface area contributed by atoms with Crippen molar-refractivity contribution in [2.75, 3.05) is 6.54 Å². The Hall–Kier alpha value is -1.88. The summed E-state index contributed by atoms with van der Waals surface area (Å²) < 4.78 is 0. The monoisotopic (exact) mass is 262 g/mol. The van der Waals surface area contributed by atoms with Crippen molar-refractivity contribution in [3.8, 4) is 5.75 Å². The first-order valence-electron chi connectivity index (χ1n) is 5.63. The van der Waals surface area contributed by atoms with E-state index >= 15 is 0 Å². The third kappa shape index (κ3) is 3.30. The van der Waals surface area contributed by atoms with Gasteiger partial charge in [-0.15, -0.1) is 11.3 Å². The summed E-state index contributed by atoms with van der Waals surface area (Å²) in [4.78, 5) is 16.1. The lowest BCUT2D eigenvalue weighted by molar-refractivity contribution is 0.0954. The number of aromatic hydroxyl groups is 1. The summed E-state index contributed by atoms with van der Waals surface area (Å²) in [6.07, 6.45) is 0.730. The number of aryl methyl sites for hydroxylation is 1. The summed E-state index contributed by atoms with van der Waals surface area (Å²) >= 11 is 1.61. The molecular formula is C13H14N2O2S. The highest BCUT2D eigenvalue weighted by molar-refractivity contribution is 7.09. The Morgan fingerprint density at radius 2 is 2.11 bits per heavy atom. The molecule has 2 N–H and O–H groups in total. The minimum absolute atomic E-state index is 0.137. The maximum Gasteiger partial charge on any atom is 0.251 e. The Labute approximate surface area is 109 Å². The Morgan fingerprint density at radius 3 is 2.72 bits per heavy atom. The quantitative estimate of drug-likeness (QED) is 0.887. The fourth-order valence-corrected chi connectivity index (χ4v) is 2.19. The molecule has 0 saturated carbocycles. The topological polar surface area (TPSA) is 62.2 Å². The standard InChI is InChI=1S/C13H14N2O2S/c1-9-15-11(8-18-9)6-7-14-13(17)10-2-4-12(16)5-3-10/h2-5,8,16H,6-7H2,1H3,(H,14,17). The molecular weight excluding hydrogens is 248 g/mol. The molecule has 1 amide bonds. The molecule has 0 saturated heterocycles. The summed E-state index contributed by atoms with van der Waals surface area (Å²) in [7, 11) is 0. The first-order chi connectivity index (χ1) is 8.65. The average Bonchev–Trinajstić information content (AvgIpc) is 2.76. The minimum Gasteiger partial charge on any atom is -0.508 e. The third-order valence-electron chi connectivity index (χ3n) is 2.46. The van der Waals surface area contributed by atoms with Crippen LogP contribution in [0, 0.1) is 6.92 Å². The third-order valence-corrected chi connectivity index (χ3v) is 3.29. The number of amides is 1. The summed E-state index contributed by atoms with van der Waals surface area (Å²) in [5.41, 5.74) is 1.55. The molecule has 4 nitrogen and oxygen atoms in total. The van der Waals surface area contributed by atoms with Gasteiger partial charge in [0.25, 0.3) is 5.91 Å². The van der Waals surface area contributed by atoms with Crippen molar-refractivity contribution < 1.29 is 9.90 Å². The number of thiazole rings is 1. The maximum absolute atomic E-state index is 11.7. The summed E-state index contributed by atoms with van der Waals surface area (Å²) in [6.45, 7) is 2.52. The molecule has 0 unspecified atom stereocenters. The van der Waals surface area contributed by atoms with Crippen LogP contribution in [0.15, 0.2) is 29.6 Å². The van der Waals surface area contributed by atoms with E-state index in [1.165, 1.54) is 12.1 Å². The van der Waals surface area contributed by atoms with E-state index in [2.05, 4.69) is 10.3 Å². The number of carbonyl (C=O) groups is 1. The number of phenols is 1. The van der Waals surface area contributed by atoms with Gasteiger partial charge in [0.1, 0.15) is 5.75 Å². The Bertz CT molecular complexity index is 534. The van der Waals surface area contributed by atoms with Crippen LogP contribution >= 0.6 is 11.3 Å². The second-order valence-electron chi connectivity index (χ2n) is 3.91. The highest BCUT2D eigenvalue weighted by Gasteiger charge is 2.05. The molecule has 2 rings (SSSR count). The number of benzene rings is 1. The van der Waals surface area contributed by atoms with Gasteiger partial charge in [-0.2, -0.15) is 0 Å². The Morgan fingerprint density at radius 1 is 1.39 bits per heavy atom. The summed E-state index contributed by atoms with van der Waals surface area (Å²) in [5.74, 6) is 0.0199. The van der Waals surface area contributed by atoms with Crippen LogP contribution in [0.5, 0.6) is 5.75 Å². The van der Waals surface area contributed by atoms with Crippen LogP contribution in [0.2, 0.25) is 0 Å². The molecule has 0 spiro atoms. The average molecular weight is 262 g/mol. The number of rotatable bonds is 4. The highest BCUT2D eigenvalue weighted by Crippen LogP contribution is 2.10. The Kier molecular flexibility index (Phi) is 3.94. The van der Waals surface area contributed by atoms with Gasteiger partial charge in [-0.05, 0) is 31.2 Å². The van der Waals surface area contributed by atoms with E-state index in [0.29, 0.717) is 12.1 Å². The lowest BCUT2D eigenvalue weighted by atomic mass is 10.2. The molecule has 0 radical (unpaired) electrons. The number of nitrogens with zero attached hydrogens (tertiary/aromatic N) is 1. The van der Waals surface area contributed by atoms with Crippen molar-refractivity contribution in [2.24, 2.45) is 0 Å². The molecule has 0 aliphatic carbocycles. The van der Waals surface area contributed by atoms with Crippen molar-refractivity contribution in [2.45, 2.75) is 13.3 Å². The van der Waals surface area contributed by atoms with Crippen LogP contribution < -0.4 is 5.32 Å². The van der Waals surface area contributed by atoms with Crippen LogP contribution in [0.3, 0.4) is 0 Å². The van der Waals surface area contributed by atoms with Gasteiger partial charge in [0.2, 0.25) is 0 Å². The van der Waals surface area contributed by atoms with E-state index in [-0.39, 0.29) is 11.7 Å². The van der Waals surface area contributed by atoms with Gasteiger partial charge in [-0.3, -0.25) is 4.79 Å². The van der Waals surface area contributed by atoms with Crippen LogP contribution in [0.4, 0.5) is 0 Å². The van der Waals surface area contributed by atoms with Crippen LogP contribution in [-0.2, 0) is 6.42 Å². The van der Waals surface area contributed by atoms with Crippen molar-refractivity contribution in [3.05, 3.63) is 45.9 Å². The van der Waals surface area contributed by atoms with E-state index in [9.17, 15) is 4.79 Å². The summed E-state index contributed by atoms with van der Waals surface area (Å²) in [6, 6.07) is 6.19. The molecule has 18 heavy (non-hydrogen) atoms. The molecule has 1 aromatic carbocycles. The van der Waals surface area contributed by atoms with Crippen molar-refractivity contribution in [3.63, 3.8) is 0 Å². The van der Waals surface area contributed by atoms with Gasteiger partial charge < -0.3 is 10.4 Å². The van der Waals surface area contributed by atoms with Crippen molar-refractivity contribution in [1.82, 2.24) is 10.3 Å². The molecule has 0 fully saturated rings. The molecule has 1 heterocycles. The van der Waals surface area contributed by atoms with E-state index in [1.54, 1.807) is 23.5 Å². The molecule has 0 aliphatic heterocycles. The smallest absolute Gasteiger partial charge is 0.251 e. The molecule has 0 atom stereocenters. The molecule has 5 heteroatoms. The van der Waals surface area contributed by atoms with E-state index in [4.69, 9.17) is 5.11 Å². The molecule has 0 aliphatic rings. The number of phenolic OH excluding ortho intramolecular Hbond substituents is 1. The number of carbonyl (C=O) groups excluding carboxylic acids is 1. The number of hydrogen-bond acceptors (Lipinski definition) is 4. The van der Waals surface area contributed by atoms with Gasteiger partial charge >= 0.3 is 0 Å². The van der Waals surface area contributed by atoms with E-state index in [1.807, 2.05) is 12.3 Å². The highest BCUT2D eigenvalue weighted by atomic mass is 32.1. The zero-order valence-electron chi connectivity index (χ0n) is 10.0. The van der Waals surface area contributed by atoms with Gasteiger partial charge in [-0.1, -0.05) is 0 Å². The SMILES string of the molecule is Cc1nc(CCNC(=O)c2ccc(O)cc2)cs1. The first-order valence-corrected chi connectivity index (χ1v) is 6.51.